The van der Waals surface area contributed by atoms with Gasteiger partial charge >= 0.3 is 0 Å². The summed E-state index contributed by atoms with van der Waals surface area (Å²) in [7, 11) is 1.93. The van der Waals surface area contributed by atoms with Crippen molar-refractivity contribution in [2.75, 3.05) is 59.8 Å². The van der Waals surface area contributed by atoms with Gasteiger partial charge in [-0.1, -0.05) is 12.7 Å². The van der Waals surface area contributed by atoms with E-state index in [4.69, 9.17) is 19.0 Å². The second-order valence-corrected chi connectivity index (χ2v) is 4.50. The summed E-state index contributed by atoms with van der Waals surface area (Å²) in [4.78, 5) is 19.0. The van der Waals surface area contributed by atoms with Gasteiger partial charge in [0.05, 0.1) is 26.4 Å². The van der Waals surface area contributed by atoms with Gasteiger partial charge in [0.15, 0.2) is 0 Å². The van der Waals surface area contributed by atoms with E-state index in [1.54, 1.807) is 6.08 Å². The summed E-state index contributed by atoms with van der Waals surface area (Å²) < 4.78 is 16.0. The highest BCUT2D eigenvalue weighted by Gasteiger charge is 1.92. The lowest BCUT2D eigenvalue weighted by atomic mass is 10.4. The maximum atomic E-state index is 9.94. The Morgan fingerprint density at radius 1 is 0.840 bits per heavy atom. The highest BCUT2D eigenvalue weighted by molar-refractivity contribution is 5.63. The average Bonchev–Trinajstić information content (AvgIpc) is 2.63. The van der Waals surface area contributed by atoms with Crippen LogP contribution in [0.4, 0.5) is 0 Å². The molecule has 0 saturated carbocycles. The molecule has 0 aromatic rings. The van der Waals surface area contributed by atoms with Crippen LogP contribution in [0.2, 0.25) is 0 Å². The number of nitrogens with one attached hydrogen (secondary N) is 2. The maximum absolute atomic E-state index is 9.94. The number of allylic oxidation sites excluding steroid dienone is 2. The topological polar surface area (TPSA) is 85.9 Å². The Labute approximate surface area is 152 Å². The van der Waals surface area contributed by atoms with Crippen LogP contribution < -0.4 is 10.6 Å². The zero-order chi connectivity index (χ0) is 19.4. The summed E-state index contributed by atoms with van der Waals surface area (Å²) in [6.45, 7) is 13.8. The van der Waals surface area contributed by atoms with Crippen molar-refractivity contribution < 1.29 is 23.8 Å². The molecule has 148 valence electrons. The molecule has 0 unspecified atom stereocenters. The Balaban J connectivity index is -0.000000586. The summed E-state index contributed by atoms with van der Waals surface area (Å²) in [6, 6.07) is 0. The van der Waals surface area contributed by atoms with Gasteiger partial charge in [0.2, 0.25) is 6.41 Å². The van der Waals surface area contributed by atoms with Gasteiger partial charge in [-0.05, 0) is 39.4 Å². The first-order valence-electron chi connectivity index (χ1n) is 8.43. The summed E-state index contributed by atoms with van der Waals surface area (Å²) in [6.07, 6.45) is 6.13. The van der Waals surface area contributed by atoms with Gasteiger partial charge in [0.25, 0.3) is 0 Å². The smallest absolute Gasteiger partial charge is 0.207 e. The predicted octanol–water partition coefficient (Wildman–Crippen LogP) is 1.35. The molecule has 0 spiro atoms. The molecule has 0 radical (unpaired) electrons. The highest BCUT2D eigenvalue weighted by atomic mass is 16.5. The van der Waals surface area contributed by atoms with Crippen molar-refractivity contribution in [1.82, 2.24) is 10.6 Å². The largest absolute Gasteiger partial charge is 0.379 e. The van der Waals surface area contributed by atoms with E-state index in [9.17, 15) is 4.79 Å². The SMILES string of the molecule is C=CC.C=CC=O.CNCCCOCCOCCOCCCNC=O. The predicted molar refractivity (Wildman–Crippen MR) is 102 cm³/mol. The molecule has 0 aliphatic heterocycles. The molecule has 0 rings (SSSR count). The van der Waals surface area contributed by atoms with E-state index >= 15 is 0 Å². The molecule has 0 saturated heterocycles. The lowest BCUT2D eigenvalue weighted by molar-refractivity contribution is -0.109. The molecule has 7 heteroatoms. The molecule has 0 aliphatic rings. The zero-order valence-electron chi connectivity index (χ0n) is 15.8. The van der Waals surface area contributed by atoms with Crippen molar-refractivity contribution in [3.63, 3.8) is 0 Å². The second kappa shape index (κ2) is 33.9. The third-order valence-corrected chi connectivity index (χ3v) is 2.25. The number of ether oxygens (including phenoxy) is 3. The number of carbonyl (C=O) groups is 2. The number of rotatable bonds is 16. The first-order valence-corrected chi connectivity index (χ1v) is 8.43. The molecule has 1 amide bonds. The lowest BCUT2D eigenvalue weighted by Crippen LogP contribution is -2.15. The van der Waals surface area contributed by atoms with Crippen molar-refractivity contribution in [3.8, 4) is 0 Å². The zero-order valence-corrected chi connectivity index (χ0v) is 15.8. The third kappa shape index (κ3) is 45.0. The Morgan fingerprint density at radius 3 is 1.60 bits per heavy atom. The molecule has 0 aliphatic carbocycles. The number of carbonyl (C=O) groups excluding carboxylic acids is 2. The molecular formula is C18H36N2O5. The van der Waals surface area contributed by atoms with E-state index in [-0.39, 0.29) is 0 Å². The van der Waals surface area contributed by atoms with Crippen LogP contribution >= 0.6 is 0 Å². The second-order valence-electron chi connectivity index (χ2n) is 4.50. The van der Waals surface area contributed by atoms with Crippen LogP contribution in [-0.2, 0) is 23.8 Å². The van der Waals surface area contributed by atoms with Crippen molar-refractivity contribution in [1.29, 1.82) is 0 Å². The Hall–Kier alpha value is -1.54. The normalized spacial score (nSPS) is 8.88. The van der Waals surface area contributed by atoms with Gasteiger partial charge in [-0.3, -0.25) is 9.59 Å². The Kier molecular flexibility index (Phi) is 38.4. The maximum Gasteiger partial charge on any atom is 0.207 e. The van der Waals surface area contributed by atoms with Gasteiger partial charge in [-0.25, -0.2) is 0 Å². The van der Waals surface area contributed by atoms with Crippen LogP contribution in [0.15, 0.2) is 25.3 Å². The van der Waals surface area contributed by atoms with Crippen LogP contribution in [0.3, 0.4) is 0 Å². The van der Waals surface area contributed by atoms with E-state index in [0.717, 1.165) is 26.0 Å². The summed E-state index contributed by atoms with van der Waals surface area (Å²) in [5, 5.41) is 5.63. The standard InChI is InChI=1S/C12H26N2O4.C3H4O.C3H6/c1-13-4-2-6-16-8-10-18-11-9-17-7-3-5-14-12-15;1-2-3-4;1-3-2/h12-13H,2-11H2,1H3,(H,14,15);2-3H,1H2;3H,1H2,2H3. The summed E-state index contributed by atoms with van der Waals surface area (Å²) in [5.74, 6) is 0. The molecule has 0 atom stereocenters. The van der Waals surface area contributed by atoms with Gasteiger partial charge in [0, 0.05) is 19.8 Å². The van der Waals surface area contributed by atoms with Crippen molar-refractivity contribution in [3.05, 3.63) is 25.3 Å². The van der Waals surface area contributed by atoms with Gasteiger partial charge in [-0.2, -0.15) is 0 Å². The van der Waals surface area contributed by atoms with Gasteiger partial charge in [0.1, 0.15) is 6.29 Å². The van der Waals surface area contributed by atoms with E-state index in [0.29, 0.717) is 52.3 Å². The van der Waals surface area contributed by atoms with E-state index in [1.165, 1.54) is 6.08 Å². The lowest BCUT2D eigenvalue weighted by Gasteiger charge is -2.06. The minimum atomic E-state index is 0.584. The van der Waals surface area contributed by atoms with Gasteiger partial charge < -0.3 is 24.8 Å². The van der Waals surface area contributed by atoms with Gasteiger partial charge in [-0.15, -0.1) is 6.58 Å². The van der Waals surface area contributed by atoms with Crippen LogP contribution in [0, 0.1) is 0 Å². The van der Waals surface area contributed by atoms with E-state index in [1.807, 2.05) is 14.0 Å². The summed E-state index contributed by atoms with van der Waals surface area (Å²) >= 11 is 0. The van der Waals surface area contributed by atoms with E-state index in [2.05, 4.69) is 23.8 Å². The monoisotopic (exact) mass is 360 g/mol. The summed E-state index contributed by atoms with van der Waals surface area (Å²) in [5.41, 5.74) is 0. The molecule has 7 nitrogen and oxygen atoms in total. The molecule has 0 fully saturated rings. The van der Waals surface area contributed by atoms with Crippen molar-refractivity contribution >= 4 is 12.7 Å². The fourth-order valence-electron chi connectivity index (χ4n) is 1.23. The molecule has 25 heavy (non-hydrogen) atoms. The first kappa shape index (κ1) is 28.3. The molecule has 0 aromatic carbocycles. The number of hydrogen-bond acceptors (Lipinski definition) is 6. The fourth-order valence-corrected chi connectivity index (χ4v) is 1.23. The third-order valence-electron chi connectivity index (χ3n) is 2.25. The van der Waals surface area contributed by atoms with Crippen LogP contribution in [0.25, 0.3) is 0 Å². The van der Waals surface area contributed by atoms with Crippen LogP contribution in [-0.4, -0.2) is 72.5 Å². The number of aldehydes is 1. The molecule has 0 heterocycles. The number of hydrogen-bond donors (Lipinski definition) is 2. The first-order chi connectivity index (χ1) is 12.2. The molecule has 2 N–H and O–H groups in total. The van der Waals surface area contributed by atoms with Crippen LogP contribution in [0.5, 0.6) is 0 Å². The molecular weight excluding hydrogens is 324 g/mol. The molecule has 0 bridgehead atoms. The van der Waals surface area contributed by atoms with Crippen molar-refractivity contribution in [2.24, 2.45) is 0 Å². The van der Waals surface area contributed by atoms with Crippen molar-refractivity contribution in [2.45, 2.75) is 19.8 Å². The Morgan fingerprint density at radius 2 is 1.24 bits per heavy atom. The minimum absolute atomic E-state index is 0.584. The quantitative estimate of drug-likeness (QED) is 0.187. The Bertz CT molecular complexity index is 270. The van der Waals surface area contributed by atoms with E-state index < -0.39 is 0 Å². The minimum Gasteiger partial charge on any atom is -0.379 e. The number of amides is 1. The molecule has 0 aromatic heterocycles. The average molecular weight is 360 g/mol. The fraction of sp³-hybridized carbons (Fsp3) is 0.667. The highest BCUT2D eigenvalue weighted by Crippen LogP contribution is 1.85. The van der Waals surface area contributed by atoms with Crippen LogP contribution in [0.1, 0.15) is 19.8 Å².